The first-order valence-corrected chi connectivity index (χ1v) is 11.5. The highest BCUT2D eigenvalue weighted by molar-refractivity contribution is 14.0. The molecule has 2 aromatic rings. The van der Waals surface area contributed by atoms with Gasteiger partial charge in [0.1, 0.15) is 0 Å². The molecule has 1 aliphatic heterocycles. The minimum atomic E-state index is -3.22. The number of rotatable bonds is 7. The number of nitrogens with one attached hydrogen (secondary N) is 1. The topological polar surface area (TPSA) is 61.8 Å². The van der Waals surface area contributed by atoms with Crippen molar-refractivity contribution in [2.75, 3.05) is 32.4 Å². The number of sulfone groups is 1. The van der Waals surface area contributed by atoms with Crippen LogP contribution in [0, 0.1) is 5.92 Å². The van der Waals surface area contributed by atoms with Crippen LogP contribution in [0.1, 0.15) is 18.4 Å². The standard InChI is InChI=1S/C22H29N3O2S.HI/c1-23-22(24-14-8-16-28(26,27)21-11-6-3-7-12-21)25-15-13-20(18-25)17-19-9-4-2-5-10-19;/h2-7,9-12,20H,8,13-18H2,1H3,(H,23,24);1H. The fraction of sp³-hybridized carbons (Fsp3) is 0.409. The average Bonchev–Trinajstić information content (AvgIpc) is 3.17. The van der Waals surface area contributed by atoms with E-state index in [-0.39, 0.29) is 29.7 Å². The highest BCUT2D eigenvalue weighted by Crippen LogP contribution is 2.21. The first-order valence-electron chi connectivity index (χ1n) is 9.86. The quantitative estimate of drug-likeness (QED) is 0.259. The zero-order valence-corrected chi connectivity index (χ0v) is 20.0. The van der Waals surface area contributed by atoms with E-state index in [0.29, 0.717) is 23.8 Å². The molecular weight excluding hydrogens is 497 g/mol. The van der Waals surface area contributed by atoms with Crippen molar-refractivity contribution in [2.45, 2.75) is 24.2 Å². The van der Waals surface area contributed by atoms with Gasteiger partial charge in [0.05, 0.1) is 10.6 Å². The Bertz CT molecular complexity index is 873. The number of halogens is 1. The van der Waals surface area contributed by atoms with Crippen LogP contribution in [0.25, 0.3) is 0 Å². The van der Waals surface area contributed by atoms with Gasteiger partial charge < -0.3 is 10.2 Å². The van der Waals surface area contributed by atoms with E-state index >= 15 is 0 Å². The average molecular weight is 527 g/mol. The van der Waals surface area contributed by atoms with E-state index in [1.54, 1.807) is 31.3 Å². The first kappa shape index (κ1) is 23.7. The van der Waals surface area contributed by atoms with E-state index < -0.39 is 9.84 Å². The number of benzene rings is 2. The lowest BCUT2D eigenvalue weighted by atomic mass is 9.99. The lowest BCUT2D eigenvalue weighted by Gasteiger charge is -2.21. The molecule has 5 nitrogen and oxygen atoms in total. The molecule has 7 heteroatoms. The Morgan fingerprint density at radius 3 is 2.41 bits per heavy atom. The highest BCUT2D eigenvalue weighted by Gasteiger charge is 2.25. The summed E-state index contributed by atoms with van der Waals surface area (Å²) in [5.41, 5.74) is 1.38. The molecule has 1 fully saturated rings. The molecule has 1 saturated heterocycles. The summed E-state index contributed by atoms with van der Waals surface area (Å²) in [4.78, 5) is 7.05. The molecule has 1 heterocycles. The molecule has 2 aromatic carbocycles. The van der Waals surface area contributed by atoms with Crippen LogP contribution < -0.4 is 5.32 Å². The van der Waals surface area contributed by atoms with Crippen LogP contribution in [-0.4, -0.2) is 51.7 Å². The van der Waals surface area contributed by atoms with Crippen molar-refractivity contribution >= 4 is 39.8 Å². The maximum absolute atomic E-state index is 12.4. The smallest absolute Gasteiger partial charge is 0.193 e. The predicted octanol–water partition coefficient (Wildman–Crippen LogP) is 3.61. The fourth-order valence-electron chi connectivity index (χ4n) is 3.68. The summed E-state index contributed by atoms with van der Waals surface area (Å²) in [6.45, 7) is 2.56. The van der Waals surface area contributed by atoms with Gasteiger partial charge in [0.25, 0.3) is 0 Å². The Kier molecular flexibility index (Phi) is 9.42. The third-order valence-corrected chi connectivity index (χ3v) is 6.96. The molecule has 0 amide bonds. The van der Waals surface area contributed by atoms with E-state index in [9.17, 15) is 8.42 Å². The second-order valence-electron chi connectivity index (χ2n) is 7.25. The van der Waals surface area contributed by atoms with Crippen molar-refractivity contribution in [3.8, 4) is 0 Å². The maximum Gasteiger partial charge on any atom is 0.193 e. The Morgan fingerprint density at radius 2 is 1.76 bits per heavy atom. The summed E-state index contributed by atoms with van der Waals surface area (Å²) in [5, 5.41) is 3.33. The van der Waals surface area contributed by atoms with Crippen LogP contribution in [0.15, 0.2) is 70.6 Å². The molecular formula is C22H30IN3O2S. The lowest BCUT2D eigenvalue weighted by Crippen LogP contribution is -2.40. The summed E-state index contributed by atoms with van der Waals surface area (Å²) in [7, 11) is -1.44. The van der Waals surface area contributed by atoms with E-state index in [4.69, 9.17) is 0 Å². The monoisotopic (exact) mass is 527 g/mol. The van der Waals surface area contributed by atoms with E-state index in [1.165, 1.54) is 5.56 Å². The largest absolute Gasteiger partial charge is 0.356 e. The normalized spacial score (nSPS) is 17.1. The van der Waals surface area contributed by atoms with Crippen LogP contribution in [0.5, 0.6) is 0 Å². The minimum Gasteiger partial charge on any atom is -0.356 e. The Morgan fingerprint density at radius 1 is 1.10 bits per heavy atom. The molecule has 0 bridgehead atoms. The number of aliphatic imine (C=N–C) groups is 1. The molecule has 1 aliphatic rings. The van der Waals surface area contributed by atoms with Crippen LogP contribution in [0.4, 0.5) is 0 Å². The summed E-state index contributed by atoms with van der Waals surface area (Å²) >= 11 is 0. The molecule has 1 N–H and O–H groups in total. The second-order valence-corrected chi connectivity index (χ2v) is 9.36. The second kappa shape index (κ2) is 11.5. The lowest BCUT2D eigenvalue weighted by molar-refractivity contribution is 0.460. The molecule has 0 aliphatic carbocycles. The van der Waals surface area contributed by atoms with Crippen molar-refractivity contribution in [2.24, 2.45) is 10.9 Å². The number of nitrogens with zero attached hydrogens (tertiary/aromatic N) is 2. The van der Waals surface area contributed by atoms with Crippen LogP contribution >= 0.6 is 24.0 Å². The Balaban J connectivity index is 0.00000300. The van der Waals surface area contributed by atoms with Gasteiger partial charge in [-0.25, -0.2) is 8.42 Å². The van der Waals surface area contributed by atoms with Crippen molar-refractivity contribution in [1.29, 1.82) is 0 Å². The zero-order valence-electron chi connectivity index (χ0n) is 16.8. The van der Waals surface area contributed by atoms with Gasteiger partial charge in [-0.05, 0) is 42.9 Å². The maximum atomic E-state index is 12.4. The summed E-state index contributed by atoms with van der Waals surface area (Å²) < 4.78 is 24.7. The van der Waals surface area contributed by atoms with Crippen molar-refractivity contribution in [3.05, 3.63) is 66.2 Å². The third kappa shape index (κ3) is 6.99. The number of guanidine groups is 1. The number of likely N-dealkylation sites (tertiary alicyclic amines) is 1. The number of hydrogen-bond acceptors (Lipinski definition) is 3. The van der Waals surface area contributed by atoms with Gasteiger partial charge in [-0.3, -0.25) is 4.99 Å². The first-order chi connectivity index (χ1) is 13.6. The summed E-state index contributed by atoms with van der Waals surface area (Å²) in [5.74, 6) is 1.63. The number of hydrogen-bond donors (Lipinski definition) is 1. The van der Waals surface area contributed by atoms with E-state index in [0.717, 1.165) is 31.9 Å². The van der Waals surface area contributed by atoms with Crippen molar-refractivity contribution in [3.63, 3.8) is 0 Å². The predicted molar refractivity (Wildman–Crippen MR) is 130 cm³/mol. The van der Waals surface area contributed by atoms with Crippen molar-refractivity contribution < 1.29 is 8.42 Å². The van der Waals surface area contributed by atoms with Gasteiger partial charge in [0.2, 0.25) is 0 Å². The summed E-state index contributed by atoms with van der Waals surface area (Å²) in [6.07, 6.45) is 2.79. The molecule has 0 radical (unpaired) electrons. The van der Waals surface area contributed by atoms with Gasteiger partial charge in [-0.1, -0.05) is 48.5 Å². The Labute approximate surface area is 191 Å². The molecule has 1 unspecified atom stereocenters. The van der Waals surface area contributed by atoms with E-state index in [2.05, 4.69) is 39.5 Å². The van der Waals surface area contributed by atoms with Gasteiger partial charge in [-0.2, -0.15) is 0 Å². The molecule has 1 atom stereocenters. The van der Waals surface area contributed by atoms with Gasteiger partial charge in [-0.15, -0.1) is 24.0 Å². The fourth-order valence-corrected chi connectivity index (χ4v) is 5.01. The van der Waals surface area contributed by atoms with E-state index in [1.807, 2.05) is 12.1 Å². The molecule has 0 spiro atoms. The molecule has 3 rings (SSSR count). The SMILES string of the molecule is CN=C(NCCCS(=O)(=O)c1ccccc1)N1CCC(Cc2ccccc2)C1.I. The summed E-state index contributed by atoms with van der Waals surface area (Å²) in [6, 6.07) is 19.2. The van der Waals surface area contributed by atoms with Crippen molar-refractivity contribution in [1.82, 2.24) is 10.2 Å². The van der Waals surface area contributed by atoms with Gasteiger partial charge in [0.15, 0.2) is 15.8 Å². The molecule has 0 aromatic heterocycles. The molecule has 0 saturated carbocycles. The zero-order chi connectivity index (χ0) is 19.8. The van der Waals surface area contributed by atoms with Crippen LogP contribution in [0.2, 0.25) is 0 Å². The molecule has 158 valence electrons. The third-order valence-electron chi connectivity index (χ3n) is 5.14. The van der Waals surface area contributed by atoms with Gasteiger partial charge >= 0.3 is 0 Å². The van der Waals surface area contributed by atoms with Crippen LogP contribution in [0.3, 0.4) is 0 Å². The molecule has 29 heavy (non-hydrogen) atoms. The van der Waals surface area contributed by atoms with Gasteiger partial charge in [0, 0.05) is 26.7 Å². The Hall–Kier alpha value is -1.61. The minimum absolute atomic E-state index is 0. The highest BCUT2D eigenvalue weighted by atomic mass is 127. The van der Waals surface area contributed by atoms with Crippen LogP contribution in [-0.2, 0) is 16.3 Å².